The molecule has 2 atom stereocenters. The van der Waals surface area contributed by atoms with Gasteiger partial charge in [-0.2, -0.15) is 0 Å². The lowest BCUT2D eigenvalue weighted by Gasteiger charge is -2.28. The van der Waals surface area contributed by atoms with Crippen molar-refractivity contribution >= 4 is 5.91 Å². The first kappa shape index (κ1) is 17.7. The van der Waals surface area contributed by atoms with Gasteiger partial charge in [0.2, 0.25) is 5.91 Å². The average Bonchev–Trinajstić information content (AvgIpc) is 3.07. The molecule has 0 spiro atoms. The van der Waals surface area contributed by atoms with E-state index in [-0.39, 0.29) is 18.6 Å². The third kappa shape index (κ3) is 5.20. The molecule has 1 saturated heterocycles. The Bertz CT molecular complexity index is 503. The second kappa shape index (κ2) is 8.86. The van der Waals surface area contributed by atoms with E-state index >= 15 is 0 Å². The first-order valence-corrected chi connectivity index (χ1v) is 7.92. The Hall–Kier alpha value is -1.63. The van der Waals surface area contributed by atoms with Gasteiger partial charge in [-0.1, -0.05) is 12.1 Å². The summed E-state index contributed by atoms with van der Waals surface area (Å²) < 4.78 is 15.9. The van der Waals surface area contributed by atoms with Crippen LogP contribution < -0.4 is 10.5 Å². The number of methoxy groups -OCH3 is 2. The largest absolute Gasteiger partial charge is 0.497 e. The number of hydrogen-bond donors (Lipinski definition) is 1. The Balaban J connectivity index is 2.09. The summed E-state index contributed by atoms with van der Waals surface area (Å²) in [5.74, 6) is 0.651. The van der Waals surface area contributed by atoms with Gasteiger partial charge in [0.05, 0.1) is 19.8 Å². The van der Waals surface area contributed by atoms with Crippen molar-refractivity contribution in [2.45, 2.75) is 31.5 Å². The lowest BCUT2D eigenvalue weighted by Crippen LogP contribution is -2.48. The standard InChI is InChI=1S/C17H26N2O4/c1-21-12-16(18)17(20)19(11-15-7-4-8-23-15)10-13-5-3-6-14(9-13)22-2/h3,5-6,9,15-16H,4,7-8,10-12,18H2,1-2H3. The van der Waals surface area contributed by atoms with E-state index in [0.29, 0.717) is 13.1 Å². The van der Waals surface area contributed by atoms with Crippen LogP contribution in [-0.4, -0.2) is 56.9 Å². The molecule has 0 bridgehead atoms. The molecule has 1 aromatic rings. The van der Waals surface area contributed by atoms with E-state index in [0.717, 1.165) is 30.8 Å². The van der Waals surface area contributed by atoms with Gasteiger partial charge in [0, 0.05) is 26.8 Å². The number of carbonyl (C=O) groups is 1. The summed E-state index contributed by atoms with van der Waals surface area (Å²) in [5, 5.41) is 0. The lowest BCUT2D eigenvalue weighted by molar-refractivity contribution is -0.136. The van der Waals surface area contributed by atoms with Crippen LogP contribution in [0.15, 0.2) is 24.3 Å². The smallest absolute Gasteiger partial charge is 0.242 e. The maximum Gasteiger partial charge on any atom is 0.242 e. The van der Waals surface area contributed by atoms with Crippen molar-refractivity contribution in [3.63, 3.8) is 0 Å². The molecule has 1 fully saturated rings. The normalized spacial score (nSPS) is 18.7. The summed E-state index contributed by atoms with van der Waals surface area (Å²) >= 11 is 0. The molecule has 1 heterocycles. The molecule has 2 rings (SSSR count). The predicted molar refractivity (Wildman–Crippen MR) is 87.2 cm³/mol. The Labute approximate surface area is 137 Å². The summed E-state index contributed by atoms with van der Waals surface area (Å²) in [6, 6.07) is 7.04. The molecule has 1 aromatic carbocycles. The summed E-state index contributed by atoms with van der Waals surface area (Å²) in [7, 11) is 3.17. The van der Waals surface area contributed by atoms with Crippen molar-refractivity contribution in [1.82, 2.24) is 4.90 Å². The third-order valence-electron chi connectivity index (χ3n) is 3.93. The summed E-state index contributed by atoms with van der Waals surface area (Å²) in [4.78, 5) is 14.4. The van der Waals surface area contributed by atoms with E-state index in [4.69, 9.17) is 19.9 Å². The molecule has 23 heavy (non-hydrogen) atoms. The van der Waals surface area contributed by atoms with Gasteiger partial charge >= 0.3 is 0 Å². The van der Waals surface area contributed by atoms with Crippen LogP contribution in [0.5, 0.6) is 5.75 Å². The number of carbonyl (C=O) groups excluding carboxylic acids is 1. The molecule has 128 valence electrons. The van der Waals surface area contributed by atoms with Crippen molar-refractivity contribution in [3.8, 4) is 5.75 Å². The SMILES string of the molecule is COCC(N)C(=O)N(Cc1cccc(OC)c1)CC1CCCO1. The quantitative estimate of drug-likeness (QED) is 0.778. The predicted octanol–water partition coefficient (Wildman–Crippen LogP) is 1.18. The van der Waals surface area contributed by atoms with E-state index in [2.05, 4.69) is 0 Å². The number of rotatable bonds is 8. The Morgan fingerprint density at radius 1 is 1.48 bits per heavy atom. The zero-order valence-corrected chi connectivity index (χ0v) is 13.9. The molecular weight excluding hydrogens is 296 g/mol. The number of amides is 1. The van der Waals surface area contributed by atoms with E-state index in [9.17, 15) is 4.79 Å². The highest BCUT2D eigenvalue weighted by molar-refractivity contribution is 5.81. The molecule has 1 amide bonds. The van der Waals surface area contributed by atoms with Crippen LogP contribution in [0.4, 0.5) is 0 Å². The molecular formula is C17H26N2O4. The van der Waals surface area contributed by atoms with Crippen molar-refractivity contribution in [2.24, 2.45) is 5.73 Å². The summed E-state index contributed by atoms with van der Waals surface area (Å²) in [6.45, 7) is 2.00. The number of nitrogens with two attached hydrogens (primary N) is 1. The fourth-order valence-corrected chi connectivity index (χ4v) is 2.74. The van der Waals surface area contributed by atoms with Gasteiger partial charge in [-0.05, 0) is 30.5 Å². The van der Waals surface area contributed by atoms with Gasteiger partial charge in [0.25, 0.3) is 0 Å². The molecule has 0 aliphatic carbocycles. The highest BCUT2D eigenvalue weighted by Gasteiger charge is 2.26. The second-order valence-corrected chi connectivity index (χ2v) is 5.77. The zero-order valence-electron chi connectivity index (χ0n) is 13.9. The van der Waals surface area contributed by atoms with Crippen LogP contribution in [0, 0.1) is 0 Å². The minimum Gasteiger partial charge on any atom is -0.497 e. The van der Waals surface area contributed by atoms with Gasteiger partial charge in [0.1, 0.15) is 11.8 Å². The molecule has 0 radical (unpaired) electrons. The fraction of sp³-hybridized carbons (Fsp3) is 0.588. The summed E-state index contributed by atoms with van der Waals surface area (Å²) in [5.41, 5.74) is 6.93. The average molecular weight is 322 g/mol. The van der Waals surface area contributed by atoms with Crippen molar-refractivity contribution in [3.05, 3.63) is 29.8 Å². The van der Waals surface area contributed by atoms with E-state index < -0.39 is 6.04 Å². The number of hydrogen-bond acceptors (Lipinski definition) is 5. The van der Waals surface area contributed by atoms with Crippen molar-refractivity contribution < 1.29 is 19.0 Å². The molecule has 2 N–H and O–H groups in total. The Morgan fingerprint density at radius 3 is 2.96 bits per heavy atom. The molecule has 0 saturated carbocycles. The fourth-order valence-electron chi connectivity index (χ4n) is 2.74. The van der Waals surface area contributed by atoms with Crippen molar-refractivity contribution in [2.75, 3.05) is 34.0 Å². The first-order chi connectivity index (χ1) is 11.1. The van der Waals surface area contributed by atoms with Gasteiger partial charge in [0.15, 0.2) is 0 Å². The van der Waals surface area contributed by atoms with Crippen LogP contribution >= 0.6 is 0 Å². The number of ether oxygens (including phenoxy) is 3. The van der Waals surface area contributed by atoms with Crippen LogP contribution in [0.25, 0.3) is 0 Å². The molecule has 2 unspecified atom stereocenters. The molecule has 1 aliphatic heterocycles. The molecule has 0 aromatic heterocycles. The van der Waals surface area contributed by atoms with Crippen LogP contribution in [0.1, 0.15) is 18.4 Å². The first-order valence-electron chi connectivity index (χ1n) is 7.92. The molecule has 6 nitrogen and oxygen atoms in total. The van der Waals surface area contributed by atoms with Gasteiger partial charge in [-0.15, -0.1) is 0 Å². The topological polar surface area (TPSA) is 74.0 Å². The van der Waals surface area contributed by atoms with Crippen molar-refractivity contribution in [1.29, 1.82) is 0 Å². The highest BCUT2D eigenvalue weighted by atomic mass is 16.5. The van der Waals surface area contributed by atoms with Gasteiger partial charge < -0.3 is 24.8 Å². The highest BCUT2D eigenvalue weighted by Crippen LogP contribution is 2.18. The lowest BCUT2D eigenvalue weighted by atomic mass is 10.1. The maximum absolute atomic E-state index is 12.6. The third-order valence-corrected chi connectivity index (χ3v) is 3.93. The summed E-state index contributed by atoms with van der Waals surface area (Å²) in [6.07, 6.45) is 2.09. The monoisotopic (exact) mass is 322 g/mol. The number of benzene rings is 1. The van der Waals surface area contributed by atoms with E-state index in [1.165, 1.54) is 0 Å². The van der Waals surface area contributed by atoms with Crippen LogP contribution in [-0.2, 0) is 20.8 Å². The zero-order chi connectivity index (χ0) is 16.7. The molecule has 6 heteroatoms. The molecule has 1 aliphatic rings. The minimum absolute atomic E-state index is 0.0827. The minimum atomic E-state index is -0.660. The Kier molecular flexibility index (Phi) is 6.83. The van der Waals surface area contributed by atoms with Gasteiger partial charge in [-0.3, -0.25) is 4.79 Å². The Morgan fingerprint density at radius 2 is 2.30 bits per heavy atom. The van der Waals surface area contributed by atoms with E-state index in [1.807, 2.05) is 24.3 Å². The van der Waals surface area contributed by atoms with E-state index in [1.54, 1.807) is 19.1 Å². The number of nitrogens with zero attached hydrogens (tertiary/aromatic N) is 1. The van der Waals surface area contributed by atoms with Crippen LogP contribution in [0.2, 0.25) is 0 Å². The second-order valence-electron chi connectivity index (χ2n) is 5.77. The maximum atomic E-state index is 12.6. The van der Waals surface area contributed by atoms with Gasteiger partial charge in [-0.25, -0.2) is 0 Å². The van der Waals surface area contributed by atoms with Crippen LogP contribution in [0.3, 0.4) is 0 Å².